The lowest BCUT2D eigenvalue weighted by atomic mass is 10.1. The average Bonchev–Trinajstić information content (AvgIpc) is 2.91. The van der Waals surface area contributed by atoms with Crippen molar-refractivity contribution in [3.05, 3.63) is 53.1 Å². The number of nitrogens with one attached hydrogen (secondary N) is 1. The number of amides is 3. The largest absolute Gasteiger partial charge is 0.495 e. The van der Waals surface area contributed by atoms with Gasteiger partial charge in [0.2, 0.25) is 10.0 Å². The SMILES string of the molecule is COc1ccc(C(=O)Nc2ccc3c(c2)C(=O)N(C)C3=O)cc1S(=O)(=O)N(C)C. The quantitative estimate of drug-likeness (QED) is 0.737. The van der Waals surface area contributed by atoms with Crippen molar-refractivity contribution in [2.45, 2.75) is 4.90 Å². The Labute approximate surface area is 167 Å². The van der Waals surface area contributed by atoms with E-state index in [1.54, 1.807) is 0 Å². The van der Waals surface area contributed by atoms with Gasteiger partial charge in [0.25, 0.3) is 17.7 Å². The molecule has 152 valence electrons. The number of carbonyl (C=O) groups is 3. The molecule has 2 aromatic carbocycles. The van der Waals surface area contributed by atoms with E-state index >= 15 is 0 Å². The second-order valence-corrected chi connectivity index (χ2v) is 8.66. The van der Waals surface area contributed by atoms with Gasteiger partial charge in [-0.3, -0.25) is 19.3 Å². The van der Waals surface area contributed by atoms with Crippen molar-refractivity contribution in [3.63, 3.8) is 0 Å². The first-order chi connectivity index (χ1) is 13.6. The number of imide groups is 1. The van der Waals surface area contributed by atoms with Crippen molar-refractivity contribution in [3.8, 4) is 5.75 Å². The number of nitrogens with zero attached hydrogens (tertiary/aromatic N) is 2. The summed E-state index contributed by atoms with van der Waals surface area (Å²) in [7, 11) is 1.64. The van der Waals surface area contributed by atoms with E-state index in [4.69, 9.17) is 4.74 Å². The van der Waals surface area contributed by atoms with Crippen LogP contribution in [0.25, 0.3) is 0 Å². The fourth-order valence-electron chi connectivity index (χ4n) is 2.86. The lowest BCUT2D eigenvalue weighted by Crippen LogP contribution is -2.24. The third kappa shape index (κ3) is 3.47. The number of hydrogen-bond donors (Lipinski definition) is 1. The summed E-state index contributed by atoms with van der Waals surface area (Å²) in [4.78, 5) is 37.6. The van der Waals surface area contributed by atoms with Crippen LogP contribution in [0.4, 0.5) is 5.69 Å². The molecule has 0 aliphatic carbocycles. The molecule has 0 fully saturated rings. The van der Waals surface area contributed by atoms with Gasteiger partial charge in [0, 0.05) is 32.4 Å². The first-order valence-electron chi connectivity index (χ1n) is 8.46. The minimum absolute atomic E-state index is 0.0891. The molecule has 1 aliphatic heterocycles. The van der Waals surface area contributed by atoms with Crippen LogP contribution in [0.15, 0.2) is 41.3 Å². The number of carbonyl (C=O) groups excluding carboxylic acids is 3. The standard InChI is InChI=1S/C19H19N3O6S/c1-21(2)29(26,27)16-9-11(5-8-15(16)28-4)17(23)20-12-6-7-13-14(10-12)19(25)22(3)18(13)24/h5-10H,1-4H3,(H,20,23). The van der Waals surface area contributed by atoms with Gasteiger partial charge in [0.15, 0.2) is 0 Å². The van der Waals surface area contributed by atoms with Gasteiger partial charge in [-0.25, -0.2) is 12.7 Å². The van der Waals surface area contributed by atoms with E-state index in [0.717, 1.165) is 9.21 Å². The Morgan fingerprint density at radius 3 is 2.31 bits per heavy atom. The topological polar surface area (TPSA) is 113 Å². The number of ether oxygens (including phenoxy) is 1. The van der Waals surface area contributed by atoms with Crippen LogP contribution in [0.1, 0.15) is 31.1 Å². The van der Waals surface area contributed by atoms with Crippen LogP contribution in [0.3, 0.4) is 0 Å². The van der Waals surface area contributed by atoms with E-state index in [2.05, 4.69) is 5.32 Å². The first-order valence-corrected chi connectivity index (χ1v) is 9.90. The minimum atomic E-state index is -3.84. The molecular weight excluding hydrogens is 398 g/mol. The van der Waals surface area contributed by atoms with E-state index < -0.39 is 27.7 Å². The molecule has 0 saturated carbocycles. The molecule has 1 aliphatic rings. The lowest BCUT2D eigenvalue weighted by molar-refractivity contribution is 0.0692. The Balaban J connectivity index is 1.93. The summed E-state index contributed by atoms with van der Waals surface area (Å²) in [6.45, 7) is 0. The normalized spacial score (nSPS) is 13.6. The van der Waals surface area contributed by atoms with Gasteiger partial charge in [-0.1, -0.05) is 0 Å². The van der Waals surface area contributed by atoms with Crippen LogP contribution >= 0.6 is 0 Å². The molecule has 2 aromatic rings. The van der Waals surface area contributed by atoms with Gasteiger partial charge in [0.1, 0.15) is 10.6 Å². The zero-order valence-electron chi connectivity index (χ0n) is 16.2. The number of fused-ring (bicyclic) bond motifs is 1. The number of anilines is 1. The Morgan fingerprint density at radius 2 is 1.69 bits per heavy atom. The first kappa shape index (κ1) is 20.5. The summed E-state index contributed by atoms with van der Waals surface area (Å²) in [5.74, 6) is -1.32. The maximum atomic E-state index is 12.7. The predicted octanol–water partition coefficient (Wildman–Crippen LogP) is 1.42. The molecule has 0 atom stereocenters. The fourth-order valence-corrected chi connectivity index (χ4v) is 3.93. The molecule has 0 saturated heterocycles. The number of benzene rings is 2. The van der Waals surface area contributed by atoms with Crippen molar-refractivity contribution in [1.29, 1.82) is 0 Å². The van der Waals surface area contributed by atoms with E-state index in [9.17, 15) is 22.8 Å². The zero-order chi connectivity index (χ0) is 21.5. The summed E-state index contributed by atoms with van der Waals surface area (Å²) in [5.41, 5.74) is 0.851. The Bertz CT molecular complexity index is 1140. The summed E-state index contributed by atoms with van der Waals surface area (Å²) in [6, 6.07) is 8.42. The fraction of sp³-hybridized carbons (Fsp3) is 0.211. The summed E-state index contributed by atoms with van der Waals surface area (Å²) < 4.78 is 31.1. The molecule has 1 N–H and O–H groups in total. The van der Waals surface area contributed by atoms with Crippen molar-refractivity contribution in [1.82, 2.24) is 9.21 Å². The highest BCUT2D eigenvalue weighted by molar-refractivity contribution is 7.89. The molecule has 0 bridgehead atoms. The third-order valence-electron chi connectivity index (χ3n) is 4.53. The molecule has 0 aromatic heterocycles. The monoisotopic (exact) mass is 417 g/mol. The van der Waals surface area contributed by atoms with Crippen molar-refractivity contribution in [2.24, 2.45) is 0 Å². The molecule has 3 rings (SSSR count). The van der Waals surface area contributed by atoms with Crippen molar-refractivity contribution in [2.75, 3.05) is 33.6 Å². The van der Waals surface area contributed by atoms with Gasteiger partial charge in [-0.15, -0.1) is 0 Å². The number of methoxy groups -OCH3 is 1. The summed E-state index contributed by atoms with van der Waals surface area (Å²) >= 11 is 0. The van der Waals surface area contributed by atoms with Crippen LogP contribution in [0.5, 0.6) is 5.75 Å². The smallest absolute Gasteiger partial charge is 0.261 e. The predicted molar refractivity (Wildman–Crippen MR) is 105 cm³/mol. The highest BCUT2D eigenvalue weighted by Crippen LogP contribution is 2.28. The molecule has 9 nitrogen and oxygen atoms in total. The van der Waals surface area contributed by atoms with Crippen LogP contribution in [-0.4, -0.2) is 63.6 Å². The summed E-state index contributed by atoms with van der Waals surface area (Å²) in [5, 5.41) is 2.61. The summed E-state index contributed by atoms with van der Waals surface area (Å²) in [6.07, 6.45) is 0. The van der Waals surface area contributed by atoms with Gasteiger partial charge < -0.3 is 10.1 Å². The highest BCUT2D eigenvalue weighted by atomic mass is 32.2. The Morgan fingerprint density at radius 1 is 1.03 bits per heavy atom. The maximum Gasteiger partial charge on any atom is 0.261 e. The molecule has 0 spiro atoms. The molecule has 29 heavy (non-hydrogen) atoms. The highest BCUT2D eigenvalue weighted by Gasteiger charge is 2.33. The van der Waals surface area contributed by atoms with E-state index in [1.165, 1.54) is 64.7 Å². The molecular formula is C19H19N3O6S. The molecule has 3 amide bonds. The van der Waals surface area contributed by atoms with Crippen LogP contribution in [-0.2, 0) is 10.0 Å². The third-order valence-corrected chi connectivity index (χ3v) is 6.37. The zero-order valence-corrected chi connectivity index (χ0v) is 17.0. The second-order valence-electron chi connectivity index (χ2n) is 6.54. The van der Waals surface area contributed by atoms with E-state index in [1.807, 2.05) is 0 Å². The van der Waals surface area contributed by atoms with Crippen LogP contribution < -0.4 is 10.1 Å². The molecule has 0 radical (unpaired) electrons. The minimum Gasteiger partial charge on any atom is -0.495 e. The van der Waals surface area contributed by atoms with Crippen molar-refractivity contribution >= 4 is 33.4 Å². The van der Waals surface area contributed by atoms with Crippen molar-refractivity contribution < 1.29 is 27.5 Å². The van der Waals surface area contributed by atoms with Gasteiger partial charge in [-0.2, -0.15) is 0 Å². The molecule has 0 unspecified atom stereocenters. The Kier molecular flexibility index (Phi) is 5.16. The average molecular weight is 417 g/mol. The number of hydrogen-bond acceptors (Lipinski definition) is 6. The van der Waals surface area contributed by atoms with Gasteiger partial charge >= 0.3 is 0 Å². The van der Waals surface area contributed by atoms with Gasteiger partial charge in [0.05, 0.1) is 18.2 Å². The lowest BCUT2D eigenvalue weighted by Gasteiger charge is -2.15. The van der Waals surface area contributed by atoms with E-state index in [0.29, 0.717) is 5.69 Å². The molecule has 10 heteroatoms. The maximum absolute atomic E-state index is 12.7. The van der Waals surface area contributed by atoms with Crippen LogP contribution in [0, 0.1) is 0 Å². The molecule has 1 heterocycles. The number of sulfonamides is 1. The van der Waals surface area contributed by atoms with Crippen LogP contribution in [0.2, 0.25) is 0 Å². The van der Waals surface area contributed by atoms with Gasteiger partial charge in [-0.05, 0) is 36.4 Å². The second kappa shape index (κ2) is 7.30. The van der Waals surface area contributed by atoms with E-state index in [-0.39, 0.29) is 27.3 Å². The Hall–Kier alpha value is -3.24. The number of rotatable bonds is 5.